The molecule has 98 valence electrons. The third-order valence-electron chi connectivity index (χ3n) is 2.75. The maximum atomic E-state index is 12.1. The van der Waals surface area contributed by atoms with Crippen LogP contribution in [0.4, 0.5) is 5.69 Å². The number of aromatic nitrogens is 1. The molecule has 0 atom stereocenters. The summed E-state index contributed by atoms with van der Waals surface area (Å²) >= 11 is 3.27. The van der Waals surface area contributed by atoms with Crippen molar-refractivity contribution < 1.29 is 4.79 Å². The van der Waals surface area contributed by atoms with E-state index in [0.29, 0.717) is 10.2 Å². The Kier molecular flexibility index (Phi) is 4.68. The van der Waals surface area contributed by atoms with E-state index in [-0.39, 0.29) is 5.91 Å². The average Bonchev–Trinajstić information content (AvgIpc) is 2.42. The molecule has 1 amide bonds. The van der Waals surface area contributed by atoms with Gasteiger partial charge in [0, 0.05) is 11.9 Å². The summed E-state index contributed by atoms with van der Waals surface area (Å²) in [4.78, 5) is 16.1. The summed E-state index contributed by atoms with van der Waals surface area (Å²) in [5.74, 6) is -0.164. The van der Waals surface area contributed by atoms with Crippen LogP contribution >= 0.6 is 15.9 Å². The number of amides is 1. The van der Waals surface area contributed by atoms with Crippen molar-refractivity contribution in [3.05, 3.63) is 58.3 Å². The topological polar surface area (TPSA) is 42.0 Å². The predicted molar refractivity (Wildman–Crippen MR) is 80.3 cm³/mol. The predicted octanol–water partition coefficient (Wildman–Crippen LogP) is 4.05. The molecule has 1 heterocycles. The third-order valence-corrected chi connectivity index (χ3v) is 3.39. The second kappa shape index (κ2) is 6.48. The van der Waals surface area contributed by atoms with Crippen LogP contribution < -0.4 is 5.32 Å². The number of anilines is 1. The Labute approximate surface area is 121 Å². The number of nitrogens with zero attached hydrogens (tertiary/aromatic N) is 1. The molecule has 0 bridgehead atoms. The maximum absolute atomic E-state index is 12.1. The molecule has 2 aromatic rings. The summed E-state index contributed by atoms with van der Waals surface area (Å²) in [7, 11) is 0. The van der Waals surface area contributed by atoms with Crippen molar-refractivity contribution in [2.75, 3.05) is 5.32 Å². The van der Waals surface area contributed by atoms with Crippen molar-refractivity contribution in [2.45, 2.75) is 19.8 Å². The number of nitrogens with one attached hydrogen (secondary N) is 1. The van der Waals surface area contributed by atoms with Crippen LogP contribution in [0.2, 0.25) is 0 Å². The van der Waals surface area contributed by atoms with E-state index in [0.717, 1.165) is 18.5 Å². The van der Waals surface area contributed by atoms with E-state index < -0.39 is 0 Å². The molecule has 0 unspecified atom stereocenters. The standard InChI is InChI=1S/C15H15BrN2O/c1-2-4-11-6-8-12(9-7-11)18-15(19)13-5-3-10-17-14(13)16/h3,5-10H,2,4H2,1H3,(H,18,19). The number of benzene rings is 1. The zero-order valence-electron chi connectivity index (χ0n) is 10.7. The second-order valence-corrected chi connectivity index (χ2v) is 4.99. The molecule has 0 spiro atoms. The van der Waals surface area contributed by atoms with Crippen LogP contribution in [0, 0.1) is 0 Å². The smallest absolute Gasteiger partial charge is 0.258 e. The summed E-state index contributed by atoms with van der Waals surface area (Å²) in [6.07, 6.45) is 3.82. The molecule has 1 aromatic heterocycles. The molecule has 19 heavy (non-hydrogen) atoms. The lowest BCUT2D eigenvalue weighted by Crippen LogP contribution is -2.12. The first-order chi connectivity index (χ1) is 9.20. The first-order valence-electron chi connectivity index (χ1n) is 6.21. The Bertz CT molecular complexity index is 567. The molecule has 0 saturated carbocycles. The van der Waals surface area contributed by atoms with Gasteiger partial charge >= 0.3 is 0 Å². The van der Waals surface area contributed by atoms with Crippen LogP contribution in [0.15, 0.2) is 47.2 Å². The molecule has 0 aliphatic heterocycles. The van der Waals surface area contributed by atoms with Gasteiger partial charge in [0.05, 0.1) is 5.56 Å². The molecule has 0 fully saturated rings. The SMILES string of the molecule is CCCc1ccc(NC(=O)c2cccnc2Br)cc1. The van der Waals surface area contributed by atoms with Gasteiger partial charge in [-0.15, -0.1) is 0 Å². The van der Waals surface area contributed by atoms with Gasteiger partial charge in [0.25, 0.3) is 5.91 Å². The monoisotopic (exact) mass is 318 g/mol. The normalized spacial score (nSPS) is 10.2. The van der Waals surface area contributed by atoms with Crippen molar-refractivity contribution in [2.24, 2.45) is 0 Å². The van der Waals surface area contributed by atoms with E-state index in [1.807, 2.05) is 24.3 Å². The lowest BCUT2D eigenvalue weighted by Gasteiger charge is -2.07. The van der Waals surface area contributed by atoms with E-state index in [4.69, 9.17) is 0 Å². The molecule has 0 aliphatic rings. The van der Waals surface area contributed by atoms with E-state index in [2.05, 4.69) is 33.2 Å². The Morgan fingerprint density at radius 3 is 2.63 bits per heavy atom. The highest BCUT2D eigenvalue weighted by molar-refractivity contribution is 9.10. The Morgan fingerprint density at radius 2 is 2.00 bits per heavy atom. The van der Waals surface area contributed by atoms with Gasteiger partial charge in [-0.05, 0) is 52.2 Å². The number of hydrogen-bond acceptors (Lipinski definition) is 2. The number of halogens is 1. The fourth-order valence-corrected chi connectivity index (χ4v) is 2.23. The fraction of sp³-hybridized carbons (Fsp3) is 0.200. The molecule has 0 aliphatic carbocycles. The van der Waals surface area contributed by atoms with Gasteiger partial charge in [-0.1, -0.05) is 25.5 Å². The van der Waals surface area contributed by atoms with Crippen LogP contribution in [-0.4, -0.2) is 10.9 Å². The van der Waals surface area contributed by atoms with E-state index in [9.17, 15) is 4.79 Å². The Morgan fingerprint density at radius 1 is 1.26 bits per heavy atom. The largest absolute Gasteiger partial charge is 0.322 e. The first kappa shape index (κ1) is 13.7. The quantitative estimate of drug-likeness (QED) is 0.864. The minimum Gasteiger partial charge on any atom is -0.322 e. The van der Waals surface area contributed by atoms with Crippen LogP contribution in [0.1, 0.15) is 29.3 Å². The zero-order valence-corrected chi connectivity index (χ0v) is 12.3. The van der Waals surface area contributed by atoms with Crippen LogP contribution in [-0.2, 0) is 6.42 Å². The summed E-state index contributed by atoms with van der Waals surface area (Å²) in [6.45, 7) is 2.15. The maximum Gasteiger partial charge on any atom is 0.258 e. The van der Waals surface area contributed by atoms with Crippen LogP contribution in [0.3, 0.4) is 0 Å². The van der Waals surface area contributed by atoms with Gasteiger partial charge in [0.2, 0.25) is 0 Å². The average molecular weight is 319 g/mol. The number of aryl methyl sites for hydroxylation is 1. The molecule has 1 N–H and O–H groups in total. The van der Waals surface area contributed by atoms with Crippen molar-refractivity contribution in [1.82, 2.24) is 4.98 Å². The Hall–Kier alpha value is -1.68. The lowest BCUT2D eigenvalue weighted by atomic mass is 10.1. The number of rotatable bonds is 4. The van der Waals surface area contributed by atoms with Crippen molar-refractivity contribution >= 4 is 27.5 Å². The van der Waals surface area contributed by atoms with E-state index in [1.165, 1.54) is 5.56 Å². The van der Waals surface area contributed by atoms with Gasteiger partial charge in [0.1, 0.15) is 4.60 Å². The molecule has 0 radical (unpaired) electrons. The van der Waals surface area contributed by atoms with Crippen molar-refractivity contribution in [3.63, 3.8) is 0 Å². The second-order valence-electron chi connectivity index (χ2n) is 4.24. The molecule has 2 rings (SSSR count). The Balaban J connectivity index is 2.09. The van der Waals surface area contributed by atoms with Crippen LogP contribution in [0.25, 0.3) is 0 Å². The summed E-state index contributed by atoms with van der Waals surface area (Å²) in [5.41, 5.74) is 2.60. The van der Waals surface area contributed by atoms with Gasteiger partial charge < -0.3 is 5.32 Å². The third kappa shape index (κ3) is 3.64. The van der Waals surface area contributed by atoms with Gasteiger partial charge in [-0.25, -0.2) is 4.98 Å². The number of hydrogen-bond donors (Lipinski definition) is 1. The number of pyridine rings is 1. The fourth-order valence-electron chi connectivity index (χ4n) is 1.80. The number of carbonyl (C=O) groups is 1. The van der Waals surface area contributed by atoms with E-state index >= 15 is 0 Å². The summed E-state index contributed by atoms with van der Waals surface area (Å²) in [6, 6.07) is 11.4. The van der Waals surface area contributed by atoms with Gasteiger partial charge in [0.15, 0.2) is 0 Å². The summed E-state index contributed by atoms with van der Waals surface area (Å²) < 4.78 is 0.551. The highest BCUT2D eigenvalue weighted by Crippen LogP contribution is 2.16. The molecule has 3 nitrogen and oxygen atoms in total. The van der Waals surface area contributed by atoms with Crippen LogP contribution in [0.5, 0.6) is 0 Å². The minimum atomic E-state index is -0.164. The first-order valence-corrected chi connectivity index (χ1v) is 7.01. The molecular weight excluding hydrogens is 304 g/mol. The zero-order chi connectivity index (χ0) is 13.7. The molecule has 0 saturated heterocycles. The summed E-state index contributed by atoms with van der Waals surface area (Å²) in [5, 5.41) is 2.86. The van der Waals surface area contributed by atoms with Gasteiger partial charge in [-0.3, -0.25) is 4.79 Å². The van der Waals surface area contributed by atoms with Gasteiger partial charge in [-0.2, -0.15) is 0 Å². The molecule has 1 aromatic carbocycles. The van der Waals surface area contributed by atoms with E-state index in [1.54, 1.807) is 18.3 Å². The van der Waals surface area contributed by atoms with Crippen molar-refractivity contribution in [3.8, 4) is 0 Å². The number of carbonyl (C=O) groups excluding carboxylic acids is 1. The molecular formula is C15H15BrN2O. The highest BCUT2D eigenvalue weighted by atomic mass is 79.9. The lowest BCUT2D eigenvalue weighted by molar-refractivity contribution is 0.102. The molecule has 4 heteroatoms. The van der Waals surface area contributed by atoms with Crippen molar-refractivity contribution in [1.29, 1.82) is 0 Å². The minimum absolute atomic E-state index is 0.164. The highest BCUT2D eigenvalue weighted by Gasteiger charge is 2.10.